The number of nitrogens with zero attached hydrogens (tertiary/aromatic N) is 2. The zero-order valence-electron chi connectivity index (χ0n) is 26.6. The molecule has 0 bridgehead atoms. The van der Waals surface area contributed by atoms with Crippen molar-refractivity contribution in [1.82, 2.24) is 9.80 Å². The number of amides is 2. The van der Waals surface area contributed by atoms with Crippen molar-refractivity contribution < 1.29 is 75.9 Å². The van der Waals surface area contributed by atoms with Crippen LogP contribution in [0.15, 0.2) is 0 Å². The van der Waals surface area contributed by atoms with Crippen molar-refractivity contribution in [2.45, 2.75) is 91.2 Å². The third-order valence-corrected chi connectivity index (χ3v) is 5.42. The van der Waals surface area contributed by atoms with Gasteiger partial charge in [-0.25, -0.2) is 9.59 Å². The Balaban J connectivity index is 0. The number of carbonyl (C=O) groups excluding carboxylic acids is 3. The monoisotopic (exact) mass is 556 g/mol. The van der Waals surface area contributed by atoms with Crippen LogP contribution in [0.25, 0.3) is 0 Å². The second-order valence-corrected chi connectivity index (χ2v) is 10.9. The fourth-order valence-electron chi connectivity index (χ4n) is 3.67. The molecule has 0 aromatic heterocycles. The van der Waals surface area contributed by atoms with E-state index in [1.807, 2.05) is 20.8 Å². The largest absolute Gasteiger partial charge is 1.00 e. The van der Waals surface area contributed by atoms with Crippen molar-refractivity contribution in [3.05, 3.63) is 0 Å². The van der Waals surface area contributed by atoms with Crippen LogP contribution in [0.1, 0.15) is 82.8 Å². The normalized spacial score (nSPS) is 17.6. The summed E-state index contributed by atoms with van der Waals surface area (Å²) in [7, 11) is 2.15. The van der Waals surface area contributed by atoms with E-state index in [2.05, 4.69) is 4.74 Å². The molecule has 0 aliphatic carbocycles. The van der Waals surface area contributed by atoms with Crippen LogP contribution in [0, 0.1) is 11.8 Å². The van der Waals surface area contributed by atoms with Crippen LogP contribution in [-0.2, 0) is 23.8 Å². The summed E-state index contributed by atoms with van der Waals surface area (Å²) in [6.07, 6.45) is -0.167. The second kappa shape index (κ2) is 18.7. The van der Waals surface area contributed by atoms with E-state index in [1.165, 1.54) is 12.0 Å². The molecule has 2 rings (SSSR count). The molecular formula is C26H47N2NaO9. The average Bonchev–Trinajstić information content (AvgIpc) is 2.84. The minimum atomic E-state index is -2.24. The Labute approximate surface area is 252 Å². The van der Waals surface area contributed by atoms with Crippen LogP contribution in [0.3, 0.4) is 0 Å². The van der Waals surface area contributed by atoms with E-state index >= 15 is 0 Å². The summed E-state index contributed by atoms with van der Waals surface area (Å²) in [5, 5.41) is 17.1. The van der Waals surface area contributed by atoms with Gasteiger partial charge in [0.15, 0.2) is 0 Å². The maximum absolute atomic E-state index is 11.8. The standard InChI is InChI=1S/C13H23NO4.C12H21NO4.CH3O.Na/c1-13(2,3)18-12(16)14-7-5-10(6-8-14)9-11(15)17-4;1-12(2,3)17-11(16)13-6-4-9(5-7-13)8-10(14)15;1-2;/h10H,5-9H2,1-4H3;9H,4-8H2,1-3H3,(H,14,15);1H3;/q;;-1;+1/i;8D2;;. The summed E-state index contributed by atoms with van der Waals surface area (Å²) >= 11 is 0. The summed E-state index contributed by atoms with van der Waals surface area (Å²) in [6, 6.07) is 0. The third-order valence-electron chi connectivity index (χ3n) is 5.42. The molecule has 0 radical (unpaired) electrons. The van der Waals surface area contributed by atoms with Crippen LogP contribution < -0.4 is 34.7 Å². The number of methoxy groups -OCH3 is 1. The number of piperidine rings is 2. The zero-order valence-corrected chi connectivity index (χ0v) is 26.6. The Morgan fingerprint density at radius 2 is 1.16 bits per heavy atom. The molecule has 0 atom stereocenters. The molecule has 1 N–H and O–H groups in total. The van der Waals surface area contributed by atoms with Crippen molar-refractivity contribution in [1.29, 1.82) is 0 Å². The van der Waals surface area contributed by atoms with Gasteiger partial charge >= 0.3 is 53.7 Å². The minimum absolute atomic E-state index is 0. The average molecular weight is 557 g/mol. The first-order chi connectivity index (χ1) is 17.9. The van der Waals surface area contributed by atoms with Crippen molar-refractivity contribution in [3.8, 4) is 0 Å². The molecule has 2 aliphatic heterocycles. The molecule has 0 spiro atoms. The number of aliphatic carboxylic acids is 1. The van der Waals surface area contributed by atoms with Gasteiger partial charge in [-0.05, 0) is 79.1 Å². The molecule has 12 heteroatoms. The molecule has 2 amide bonds. The molecule has 0 saturated carbocycles. The van der Waals surface area contributed by atoms with Gasteiger partial charge in [-0.15, -0.1) is 0 Å². The van der Waals surface area contributed by atoms with E-state index < -0.39 is 35.6 Å². The fraction of sp³-hybridized carbons (Fsp3) is 0.846. The van der Waals surface area contributed by atoms with Crippen LogP contribution in [0.5, 0.6) is 0 Å². The molecule has 2 heterocycles. The predicted octanol–water partition coefficient (Wildman–Crippen LogP) is 0.285. The number of ether oxygens (including phenoxy) is 3. The quantitative estimate of drug-likeness (QED) is 0.293. The van der Waals surface area contributed by atoms with Gasteiger partial charge in [0.2, 0.25) is 0 Å². The molecule has 2 fully saturated rings. The summed E-state index contributed by atoms with van der Waals surface area (Å²) in [6.45, 7) is 12.9. The number of hydrogen-bond acceptors (Lipinski definition) is 8. The van der Waals surface area contributed by atoms with Crippen LogP contribution in [0.2, 0.25) is 0 Å². The van der Waals surface area contributed by atoms with E-state index in [0.717, 1.165) is 20.0 Å². The fourth-order valence-corrected chi connectivity index (χ4v) is 3.67. The molecule has 0 aromatic rings. The Hall–Kier alpha value is -1.56. The molecule has 2 aliphatic rings. The number of carboxylic acid groups (broad SMARTS) is 1. The van der Waals surface area contributed by atoms with Gasteiger partial charge in [0.25, 0.3) is 0 Å². The Kier molecular flexibility index (Phi) is 16.9. The SMILES string of the molecule is COC(=O)CC1CCN(C(=O)OC(C)(C)C)CC1.C[O-].[2H]C([2H])(C(=O)O)C1CCN(C(=O)OC(C)(C)C)CC1.[Na+]. The molecule has 2 saturated heterocycles. The van der Waals surface area contributed by atoms with Crippen LogP contribution in [0.4, 0.5) is 9.59 Å². The number of esters is 1. The van der Waals surface area contributed by atoms with Crippen LogP contribution >= 0.6 is 0 Å². The molecule has 38 heavy (non-hydrogen) atoms. The predicted molar refractivity (Wildman–Crippen MR) is 136 cm³/mol. The summed E-state index contributed by atoms with van der Waals surface area (Å²) in [5.74, 6) is -1.87. The van der Waals surface area contributed by atoms with E-state index in [0.29, 0.717) is 51.4 Å². The number of carbonyl (C=O) groups is 4. The topological polar surface area (TPSA) is 146 Å². The van der Waals surface area contributed by atoms with Gasteiger partial charge in [0.1, 0.15) is 11.2 Å². The summed E-state index contributed by atoms with van der Waals surface area (Å²) < 4.78 is 30.2. The van der Waals surface area contributed by atoms with Crippen LogP contribution in [-0.4, -0.2) is 90.6 Å². The van der Waals surface area contributed by atoms with Crippen molar-refractivity contribution in [3.63, 3.8) is 0 Å². The van der Waals surface area contributed by atoms with Crippen molar-refractivity contribution >= 4 is 24.1 Å². The Morgan fingerprint density at radius 3 is 1.45 bits per heavy atom. The van der Waals surface area contributed by atoms with Gasteiger partial charge in [-0.2, -0.15) is 7.11 Å². The Morgan fingerprint density at radius 1 is 0.816 bits per heavy atom. The van der Waals surface area contributed by atoms with Crippen molar-refractivity contribution in [2.75, 3.05) is 40.4 Å². The smallest absolute Gasteiger partial charge is 0.857 e. The van der Waals surface area contributed by atoms with Gasteiger partial charge in [0, 0.05) is 41.7 Å². The molecule has 216 valence electrons. The number of carboxylic acids is 1. The number of rotatable bonds is 4. The molecule has 0 unspecified atom stereocenters. The van der Waals surface area contributed by atoms with Crippen molar-refractivity contribution in [2.24, 2.45) is 11.8 Å². The number of hydrogen-bond donors (Lipinski definition) is 1. The first kappa shape index (κ1) is 34.5. The van der Waals surface area contributed by atoms with E-state index in [-0.39, 0.29) is 41.6 Å². The van der Waals surface area contributed by atoms with E-state index in [4.69, 9.17) is 22.4 Å². The maximum atomic E-state index is 11.8. The van der Waals surface area contributed by atoms with E-state index in [1.54, 1.807) is 25.7 Å². The van der Waals surface area contributed by atoms with Gasteiger partial charge < -0.3 is 34.2 Å². The maximum Gasteiger partial charge on any atom is 1.00 e. The number of likely N-dealkylation sites (tertiary alicyclic amines) is 2. The zero-order chi connectivity index (χ0) is 30.6. The first-order valence-electron chi connectivity index (χ1n) is 13.5. The van der Waals surface area contributed by atoms with Gasteiger partial charge in [-0.1, -0.05) is 0 Å². The first-order valence-corrected chi connectivity index (χ1v) is 12.5. The summed E-state index contributed by atoms with van der Waals surface area (Å²) in [5.41, 5.74) is -1.02. The molecule has 0 aromatic carbocycles. The van der Waals surface area contributed by atoms with Gasteiger partial charge in [-0.3, -0.25) is 9.59 Å². The van der Waals surface area contributed by atoms with Gasteiger partial charge in [0.05, 0.1) is 7.11 Å². The Bertz CT molecular complexity index is 801. The minimum Gasteiger partial charge on any atom is -0.857 e. The molecule has 11 nitrogen and oxygen atoms in total. The molecular weight excluding hydrogens is 507 g/mol. The third kappa shape index (κ3) is 17.9. The summed E-state index contributed by atoms with van der Waals surface area (Å²) in [4.78, 5) is 48.8. The van der Waals surface area contributed by atoms with E-state index in [9.17, 15) is 19.2 Å². The second-order valence-electron chi connectivity index (χ2n) is 10.9.